The zero-order chi connectivity index (χ0) is 22.3. The highest BCUT2D eigenvalue weighted by Crippen LogP contribution is 2.31. The minimum Gasteiger partial charge on any atom is -0.505 e. The lowest BCUT2D eigenvalue weighted by Crippen LogP contribution is -1.89. The van der Waals surface area contributed by atoms with Crippen molar-refractivity contribution in [3.8, 4) is 5.75 Å². The third-order valence-electron chi connectivity index (χ3n) is 4.05. The van der Waals surface area contributed by atoms with Crippen molar-refractivity contribution in [2.75, 3.05) is 11.5 Å². The molecular formula is C22H34N6O. The van der Waals surface area contributed by atoms with Crippen molar-refractivity contribution < 1.29 is 5.11 Å². The highest BCUT2D eigenvalue weighted by atomic mass is 16.3. The van der Waals surface area contributed by atoms with Crippen molar-refractivity contribution in [3.05, 3.63) is 41.7 Å². The molecule has 0 aliphatic rings. The Morgan fingerprint density at radius 2 is 1.24 bits per heavy atom. The van der Waals surface area contributed by atoms with Crippen molar-refractivity contribution in [2.24, 2.45) is 14.1 Å². The maximum absolute atomic E-state index is 9.54. The van der Waals surface area contributed by atoms with Crippen LogP contribution < -0.4 is 11.5 Å². The zero-order valence-electron chi connectivity index (χ0n) is 18.8. The average Bonchev–Trinajstić information content (AvgIpc) is 3.25. The first kappa shape index (κ1) is 23.8. The van der Waals surface area contributed by atoms with E-state index < -0.39 is 0 Å². The van der Waals surface area contributed by atoms with E-state index in [9.17, 15) is 5.11 Å². The van der Waals surface area contributed by atoms with E-state index in [0.717, 1.165) is 33.1 Å². The van der Waals surface area contributed by atoms with Crippen LogP contribution in [0.15, 0.2) is 30.6 Å². The molecule has 0 saturated heterocycles. The van der Waals surface area contributed by atoms with E-state index in [1.54, 1.807) is 22.4 Å². The molecular weight excluding hydrogens is 364 g/mol. The number of aryl methyl sites for hydroxylation is 4. The lowest BCUT2D eigenvalue weighted by molar-refractivity contribution is 0.474. The van der Waals surface area contributed by atoms with Gasteiger partial charge < -0.3 is 16.6 Å². The second-order valence-electron chi connectivity index (χ2n) is 6.27. The van der Waals surface area contributed by atoms with E-state index in [1.165, 1.54) is 5.56 Å². The van der Waals surface area contributed by atoms with Gasteiger partial charge in [-0.15, -0.1) is 0 Å². The quantitative estimate of drug-likeness (QED) is 0.294. The Hall–Kier alpha value is -3.22. The average molecular weight is 399 g/mol. The summed E-state index contributed by atoms with van der Waals surface area (Å²) < 4.78 is 3.48. The van der Waals surface area contributed by atoms with Gasteiger partial charge >= 0.3 is 0 Å². The van der Waals surface area contributed by atoms with E-state index in [-0.39, 0.29) is 5.75 Å². The number of hydrogen-bond donors (Lipinski definition) is 3. The van der Waals surface area contributed by atoms with Gasteiger partial charge in [0.1, 0.15) is 11.3 Å². The first-order valence-corrected chi connectivity index (χ1v) is 9.87. The molecule has 5 N–H and O–H groups in total. The maximum atomic E-state index is 9.54. The summed E-state index contributed by atoms with van der Waals surface area (Å²) in [6, 6.07) is 5.75. The number of nitrogen functional groups attached to an aromatic ring is 2. The van der Waals surface area contributed by atoms with Crippen LogP contribution in [0.25, 0.3) is 21.8 Å². The van der Waals surface area contributed by atoms with Crippen LogP contribution in [-0.4, -0.2) is 24.7 Å². The number of phenolic OH excluding ortho intramolecular Hbond substituents is 1. The van der Waals surface area contributed by atoms with Crippen LogP contribution in [-0.2, 0) is 14.1 Å². The topological polar surface area (TPSA) is 108 Å². The molecule has 2 aromatic carbocycles. The number of nitrogens with two attached hydrogens (primary N) is 2. The van der Waals surface area contributed by atoms with Gasteiger partial charge in [-0.05, 0) is 37.6 Å². The molecule has 4 rings (SSSR count). The normalized spacial score (nSPS) is 9.79. The lowest BCUT2D eigenvalue weighted by Gasteiger charge is -2.02. The molecule has 0 radical (unpaired) electrons. The van der Waals surface area contributed by atoms with Crippen molar-refractivity contribution >= 4 is 33.2 Å². The first-order chi connectivity index (χ1) is 13.8. The number of aromatic nitrogens is 4. The van der Waals surface area contributed by atoms with Crippen molar-refractivity contribution in [1.29, 1.82) is 0 Å². The molecule has 0 saturated carbocycles. The summed E-state index contributed by atoms with van der Waals surface area (Å²) in [5.41, 5.74) is 16.2. The summed E-state index contributed by atoms with van der Waals surface area (Å²) in [6.45, 7) is 11.8. The van der Waals surface area contributed by atoms with Gasteiger partial charge in [0, 0.05) is 42.8 Å². The number of fused-ring (bicyclic) bond motifs is 2. The predicted octanol–water partition coefficient (Wildman–Crippen LogP) is 4.69. The first-order valence-electron chi connectivity index (χ1n) is 9.87. The fourth-order valence-corrected chi connectivity index (χ4v) is 2.91. The van der Waals surface area contributed by atoms with Gasteiger partial charge in [-0.1, -0.05) is 27.7 Å². The number of phenols is 1. The Kier molecular flexibility index (Phi) is 8.51. The molecule has 0 bridgehead atoms. The van der Waals surface area contributed by atoms with Gasteiger partial charge in [-0.25, -0.2) is 0 Å². The molecule has 0 fully saturated rings. The fraction of sp³-hybridized carbons (Fsp3) is 0.364. The van der Waals surface area contributed by atoms with Gasteiger partial charge in [0.25, 0.3) is 0 Å². The zero-order valence-corrected chi connectivity index (χ0v) is 18.8. The number of benzene rings is 2. The molecule has 7 heteroatoms. The highest BCUT2D eigenvalue weighted by Gasteiger charge is 2.09. The summed E-state index contributed by atoms with van der Waals surface area (Å²) in [5.74, 6) is 0.131. The SMILES string of the molecule is CC.CC.Cc1c(O)c(N)cc2cn(C)nc12.Cc1cc(N)c2nn(C)cc2c1. The highest BCUT2D eigenvalue weighted by molar-refractivity contribution is 5.90. The minimum absolute atomic E-state index is 0.131. The minimum atomic E-state index is 0.131. The maximum Gasteiger partial charge on any atom is 0.143 e. The van der Waals surface area contributed by atoms with Crippen molar-refractivity contribution in [2.45, 2.75) is 41.5 Å². The van der Waals surface area contributed by atoms with Crippen LogP contribution in [0.4, 0.5) is 11.4 Å². The van der Waals surface area contributed by atoms with Gasteiger partial charge in [0.15, 0.2) is 0 Å². The van der Waals surface area contributed by atoms with E-state index in [2.05, 4.69) is 16.3 Å². The van der Waals surface area contributed by atoms with Crippen LogP contribution in [0.3, 0.4) is 0 Å². The molecule has 0 unspecified atom stereocenters. The van der Waals surface area contributed by atoms with Gasteiger partial charge in [0.05, 0.1) is 16.9 Å². The largest absolute Gasteiger partial charge is 0.505 e. The summed E-state index contributed by atoms with van der Waals surface area (Å²) in [4.78, 5) is 0. The number of rotatable bonds is 0. The summed E-state index contributed by atoms with van der Waals surface area (Å²) in [7, 11) is 3.74. The van der Waals surface area contributed by atoms with Crippen LogP contribution in [0.5, 0.6) is 5.75 Å². The summed E-state index contributed by atoms with van der Waals surface area (Å²) >= 11 is 0. The Morgan fingerprint density at radius 1 is 0.759 bits per heavy atom. The summed E-state index contributed by atoms with van der Waals surface area (Å²) in [5, 5.41) is 20.1. The molecule has 158 valence electrons. The Labute approximate surface area is 172 Å². The number of hydrogen-bond acceptors (Lipinski definition) is 5. The molecule has 0 spiro atoms. The number of nitrogens with zero attached hydrogens (tertiary/aromatic N) is 4. The van der Waals surface area contributed by atoms with Crippen LogP contribution in [0.1, 0.15) is 38.8 Å². The molecule has 2 heterocycles. The summed E-state index contributed by atoms with van der Waals surface area (Å²) in [6.07, 6.45) is 3.84. The standard InChI is InChI=1S/C9H11N3O.C9H11N3.2C2H6/c1-5-8-6(4-12(2)11-8)3-7(10)9(5)13;1-6-3-7-5-12(2)11-9(7)8(10)4-6;2*1-2/h3-4,13H,10H2,1-2H3;3-5H,10H2,1-2H3;2*1-2H3. The Bertz CT molecular complexity index is 1080. The number of anilines is 2. The monoisotopic (exact) mass is 398 g/mol. The van der Waals surface area contributed by atoms with Crippen LogP contribution in [0.2, 0.25) is 0 Å². The second-order valence-corrected chi connectivity index (χ2v) is 6.27. The van der Waals surface area contributed by atoms with E-state index in [4.69, 9.17) is 11.5 Å². The smallest absolute Gasteiger partial charge is 0.143 e. The van der Waals surface area contributed by atoms with Gasteiger partial charge in [-0.3, -0.25) is 9.36 Å². The molecule has 2 aromatic heterocycles. The third kappa shape index (κ3) is 5.40. The molecule has 7 nitrogen and oxygen atoms in total. The molecule has 29 heavy (non-hydrogen) atoms. The third-order valence-corrected chi connectivity index (χ3v) is 4.05. The molecule has 4 aromatic rings. The Balaban J connectivity index is 0.000000248. The lowest BCUT2D eigenvalue weighted by atomic mass is 10.1. The fourth-order valence-electron chi connectivity index (χ4n) is 2.91. The van der Waals surface area contributed by atoms with E-state index in [1.807, 2.05) is 67.2 Å². The van der Waals surface area contributed by atoms with Crippen LogP contribution in [0, 0.1) is 13.8 Å². The van der Waals surface area contributed by atoms with Crippen molar-refractivity contribution in [1.82, 2.24) is 19.6 Å². The van der Waals surface area contributed by atoms with Gasteiger partial charge in [-0.2, -0.15) is 10.2 Å². The molecule has 0 aliphatic heterocycles. The van der Waals surface area contributed by atoms with Crippen molar-refractivity contribution in [3.63, 3.8) is 0 Å². The number of aromatic hydroxyl groups is 1. The van der Waals surface area contributed by atoms with Gasteiger partial charge in [0.2, 0.25) is 0 Å². The predicted molar refractivity (Wildman–Crippen MR) is 124 cm³/mol. The second kappa shape index (κ2) is 10.4. The Morgan fingerprint density at radius 3 is 1.79 bits per heavy atom. The van der Waals surface area contributed by atoms with Crippen LogP contribution >= 0.6 is 0 Å². The molecule has 0 aliphatic carbocycles. The van der Waals surface area contributed by atoms with E-state index in [0.29, 0.717) is 5.69 Å². The molecule has 0 amide bonds. The van der Waals surface area contributed by atoms with E-state index >= 15 is 0 Å². The molecule has 0 atom stereocenters.